The van der Waals surface area contributed by atoms with Crippen LogP contribution in [0.2, 0.25) is 0 Å². The number of benzene rings is 1. The van der Waals surface area contributed by atoms with Crippen LogP contribution in [0.1, 0.15) is 32.0 Å². The van der Waals surface area contributed by atoms with E-state index in [0.717, 1.165) is 24.3 Å². The monoisotopic (exact) mass is 353 g/mol. The van der Waals surface area contributed by atoms with E-state index < -0.39 is 6.17 Å². The van der Waals surface area contributed by atoms with Crippen LogP contribution in [0.3, 0.4) is 0 Å². The number of nitrogens with two attached hydrogens (primary N) is 1. The highest BCUT2D eigenvalue weighted by Crippen LogP contribution is 2.26. The van der Waals surface area contributed by atoms with E-state index in [-0.39, 0.29) is 5.91 Å². The highest BCUT2D eigenvalue weighted by molar-refractivity contribution is 6.19. The third-order valence-corrected chi connectivity index (χ3v) is 3.96. The standard InChI is InChI=1S/C16H16N4O.C4H11N/c1-2-20-13-9-4-3-7-11(13)14(19-15(17)16(20)21)12-8-5-6-10-18-12;1-3-5-4-2/h3-10,15H,2,17H2,1H3;5H,3-4H2,1-2H3. The van der Waals surface area contributed by atoms with E-state index in [0.29, 0.717) is 18.0 Å². The Bertz CT molecular complexity index is 743. The average Bonchev–Trinajstić information content (AvgIpc) is 2.78. The molecule has 6 heteroatoms. The number of hydrogen-bond acceptors (Lipinski definition) is 5. The Labute approximate surface area is 155 Å². The minimum Gasteiger partial charge on any atom is -0.317 e. The fourth-order valence-electron chi connectivity index (χ4n) is 2.73. The van der Waals surface area contributed by atoms with Crippen molar-refractivity contribution in [3.05, 3.63) is 59.9 Å². The van der Waals surface area contributed by atoms with Crippen LogP contribution in [0.5, 0.6) is 0 Å². The molecule has 0 saturated heterocycles. The van der Waals surface area contributed by atoms with Gasteiger partial charge in [-0.1, -0.05) is 38.1 Å². The van der Waals surface area contributed by atoms with Gasteiger partial charge < -0.3 is 16.0 Å². The van der Waals surface area contributed by atoms with Gasteiger partial charge in [-0.3, -0.25) is 14.8 Å². The molecule has 0 radical (unpaired) electrons. The number of rotatable bonds is 4. The minimum absolute atomic E-state index is 0.198. The summed E-state index contributed by atoms with van der Waals surface area (Å²) >= 11 is 0. The van der Waals surface area contributed by atoms with Crippen LogP contribution in [0, 0.1) is 0 Å². The lowest BCUT2D eigenvalue weighted by molar-refractivity contribution is -0.119. The van der Waals surface area contributed by atoms with Crippen LogP contribution < -0.4 is 16.0 Å². The number of nitrogens with one attached hydrogen (secondary N) is 1. The summed E-state index contributed by atoms with van der Waals surface area (Å²) in [6.07, 6.45) is 0.797. The fraction of sp³-hybridized carbons (Fsp3) is 0.350. The van der Waals surface area contributed by atoms with E-state index in [1.807, 2.05) is 49.4 Å². The molecular formula is C20H27N5O. The van der Waals surface area contributed by atoms with Crippen LogP contribution >= 0.6 is 0 Å². The molecule has 0 aliphatic carbocycles. The van der Waals surface area contributed by atoms with Crippen molar-refractivity contribution in [3.63, 3.8) is 0 Å². The van der Waals surface area contributed by atoms with Crippen LogP contribution in [-0.4, -0.2) is 42.4 Å². The number of carbonyl (C=O) groups excluding carboxylic acids is 1. The summed E-state index contributed by atoms with van der Waals surface area (Å²) in [5.74, 6) is -0.198. The van der Waals surface area contributed by atoms with Gasteiger partial charge >= 0.3 is 0 Å². The second kappa shape index (κ2) is 9.79. The van der Waals surface area contributed by atoms with E-state index in [4.69, 9.17) is 5.73 Å². The first kappa shape index (κ1) is 19.8. The molecule has 2 heterocycles. The van der Waals surface area contributed by atoms with Crippen LogP contribution in [0.4, 0.5) is 5.69 Å². The molecule has 3 N–H and O–H groups in total. The number of carbonyl (C=O) groups is 1. The Balaban J connectivity index is 0.000000431. The number of fused-ring (bicyclic) bond motifs is 1. The predicted molar refractivity (Wildman–Crippen MR) is 107 cm³/mol. The van der Waals surface area contributed by atoms with E-state index in [9.17, 15) is 4.79 Å². The third kappa shape index (κ3) is 4.53. The SMILES string of the molecule is CCN1C(=O)C(N)N=C(c2ccccn2)c2ccccc21.CCNCC. The summed E-state index contributed by atoms with van der Waals surface area (Å²) in [7, 11) is 0. The lowest BCUT2D eigenvalue weighted by Crippen LogP contribution is -2.42. The number of likely N-dealkylation sites (N-methyl/N-ethyl adjacent to an activating group) is 1. The van der Waals surface area contributed by atoms with Gasteiger partial charge in [0.1, 0.15) is 0 Å². The average molecular weight is 353 g/mol. The molecule has 1 aliphatic heterocycles. The Morgan fingerprint density at radius 2 is 1.77 bits per heavy atom. The van der Waals surface area contributed by atoms with E-state index >= 15 is 0 Å². The Hall–Kier alpha value is -2.57. The number of nitrogens with zero attached hydrogens (tertiary/aromatic N) is 3. The molecule has 0 bridgehead atoms. The number of aliphatic imine (C=N–C) groups is 1. The van der Waals surface area contributed by atoms with Gasteiger partial charge in [-0.05, 0) is 38.2 Å². The number of para-hydroxylation sites is 1. The van der Waals surface area contributed by atoms with Crippen LogP contribution in [0.25, 0.3) is 0 Å². The number of aromatic nitrogens is 1. The predicted octanol–water partition coefficient (Wildman–Crippen LogP) is 2.19. The van der Waals surface area contributed by atoms with Crippen molar-refractivity contribution in [2.45, 2.75) is 26.9 Å². The lowest BCUT2D eigenvalue weighted by atomic mass is 10.0. The molecule has 0 saturated carbocycles. The zero-order chi connectivity index (χ0) is 18.9. The van der Waals surface area contributed by atoms with Crippen molar-refractivity contribution < 1.29 is 4.79 Å². The first-order chi connectivity index (χ1) is 12.6. The van der Waals surface area contributed by atoms with Gasteiger partial charge in [-0.25, -0.2) is 0 Å². The molecule has 3 rings (SSSR count). The van der Waals surface area contributed by atoms with E-state index in [1.165, 1.54) is 0 Å². The first-order valence-corrected chi connectivity index (χ1v) is 9.00. The Morgan fingerprint density at radius 1 is 1.08 bits per heavy atom. The Morgan fingerprint density at radius 3 is 2.35 bits per heavy atom. The molecule has 26 heavy (non-hydrogen) atoms. The maximum Gasteiger partial charge on any atom is 0.266 e. The number of anilines is 1. The molecule has 0 fully saturated rings. The summed E-state index contributed by atoms with van der Waals surface area (Å²) in [5.41, 5.74) is 9.01. The molecule has 1 aromatic heterocycles. The summed E-state index contributed by atoms with van der Waals surface area (Å²) in [5, 5.41) is 3.11. The van der Waals surface area contributed by atoms with Crippen LogP contribution in [-0.2, 0) is 4.79 Å². The largest absolute Gasteiger partial charge is 0.317 e. The molecule has 2 aromatic rings. The van der Waals surface area contributed by atoms with Crippen molar-refractivity contribution in [2.24, 2.45) is 10.7 Å². The summed E-state index contributed by atoms with van der Waals surface area (Å²) in [4.78, 5) is 22.8. The van der Waals surface area contributed by atoms with Gasteiger partial charge in [0.2, 0.25) is 0 Å². The lowest BCUT2D eigenvalue weighted by Gasteiger charge is -2.22. The van der Waals surface area contributed by atoms with Crippen molar-refractivity contribution in [1.29, 1.82) is 0 Å². The highest BCUT2D eigenvalue weighted by atomic mass is 16.2. The third-order valence-electron chi connectivity index (χ3n) is 3.96. The summed E-state index contributed by atoms with van der Waals surface area (Å²) < 4.78 is 0. The topological polar surface area (TPSA) is 83.6 Å². The second-order valence-electron chi connectivity index (χ2n) is 5.69. The van der Waals surface area contributed by atoms with Gasteiger partial charge in [0.05, 0.1) is 17.1 Å². The van der Waals surface area contributed by atoms with Gasteiger partial charge in [0.25, 0.3) is 5.91 Å². The van der Waals surface area contributed by atoms with Crippen LogP contribution in [0.15, 0.2) is 53.7 Å². The molecule has 1 amide bonds. The molecule has 1 atom stereocenters. The quantitative estimate of drug-likeness (QED) is 0.882. The molecule has 1 aromatic carbocycles. The number of benzodiazepines with no additional fused rings is 1. The molecular weight excluding hydrogens is 326 g/mol. The minimum atomic E-state index is -0.908. The van der Waals surface area contributed by atoms with Gasteiger partial charge in [-0.2, -0.15) is 0 Å². The first-order valence-electron chi connectivity index (χ1n) is 9.00. The molecule has 6 nitrogen and oxygen atoms in total. The van der Waals surface area contributed by atoms with Crippen molar-refractivity contribution in [1.82, 2.24) is 10.3 Å². The van der Waals surface area contributed by atoms with Gasteiger partial charge in [0.15, 0.2) is 6.17 Å². The zero-order valence-corrected chi connectivity index (χ0v) is 15.6. The van der Waals surface area contributed by atoms with Crippen molar-refractivity contribution in [3.8, 4) is 0 Å². The smallest absolute Gasteiger partial charge is 0.266 e. The maximum absolute atomic E-state index is 12.4. The highest BCUT2D eigenvalue weighted by Gasteiger charge is 2.28. The molecule has 0 spiro atoms. The second-order valence-corrected chi connectivity index (χ2v) is 5.69. The van der Waals surface area contributed by atoms with E-state index in [1.54, 1.807) is 11.1 Å². The Kier molecular flexibility index (Phi) is 7.44. The fourth-order valence-corrected chi connectivity index (χ4v) is 2.73. The van der Waals surface area contributed by atoms with E-state index in [2.05, 4.69) is 29.1 Å². The summed E-state index contributed by atoms with van der Waals surface area (Å²) in [6.45, 7) is 8.86. The normalized spacial score (nSPS) is 16.2. The zero-order valence-electron chi connectivity index (χ0n) is 15.6. The number of amides is 1. The van der Waals surface area contributed by atoms with Crippen molar-refractivity contribution >= 4 is 17.3 Å². The van der Waals surface area contributed by atoms with Crippen molar-refractivity contribution in [2.75, 3.05) is 24.5 Å². The number of pyridine rings is 1. The molecule has 1 aliphatic rings. The summed E-state index contributed by atoms with van der Waals surface area (Å²) in [6, 6.07) is 13.3. The maximum atomic E-state index is 12.4. The molecule has 1 unspecified atom stereocenters. The molecule has 138 valence electrons. The van der Waals surface area contributed by atoms with Gasteiger partial charge in [-0.15, -0.1) is 0 Å². The number of hydrogen-bond donors (Lipinski definition) is 2. The van der Waals surface area contributed by atoms with Gasteiger partial charge in [0, 0.05) is 18.3 Å².